The van der Waals surface area contributed by atoms with Crippen molar-refractivity contribution in [1.82, 2.24) is 0 Å². The average molecular weight is 308 g/mol. The van der Waals surface area contributed by atoms with Gasteiger partial charge in [0.25, 0.3) is 0 Å². The third-order valence-corrected chi connectivity index (χ3v) is 4.05. The van der Waals surface area contributed by atoms with Crippen molar-refractivity contribution in [3.63, 3.8) is 0 Å². The van der Waals surface area contributed by atoms with Crippen LogP contribution >= 0.6 is 0 Å². The molecule has 0 aromatic heterocycles. The number of hydrogen-bond acceptors (Lipinski definition) is 3. The van der Waals surface area contributed by atoms with Gasteiger partial charge >= 0.3 is 5.97 Å². The zero-order valence-electron chi connectivity index (χ0n) is 12.0. The van der Waals surface area contributed by atoms with Gasteiger partial charge in [-0.25, -0.2) is 4.39 Å². The van der Waals surface area contributed by atoms with E-state index in [-0.39, 0.29) is 35.0 Å². The van der Waals surface area contributed by atoms with E-state index in [2.05, 4.69) is 0 Å². The number of methoxy groups -OCH3 is 1. The maximum Gasteiger partial charge on any atom is 0.517 e. The molecule has 1 aliphatic heterocycles. The van der Waals surface area contributed by atoms with Crippen LogP contribution in [0.15, 0.2) is 17.8 Å². The number of hydrogen-bond donors (Lipinski definition) is 3. The number of nitrogens with one attached hydrogen (secondary N) is 1. The minimum absolute atomic E-state index is 0.115. The Bertz CT molecular complexity index is 710. The number of quaternary nitrogens is 1. The van der Waals surface area contributed by atoms with Gasteiger partial charge in [-0.1, -0.05) is 0 Å². The minimum Gasteiger partial charge on any atom is -0.489 e. The van der Waals surface area contributed by atoms with E-state index >= 15 is 0 Å². The van der Waals surface area contributed by atoms with Crippen LogP contribution in [0.2, 0.25) is 0 Å². The number of anilines is 1. The number of rotatable bonds is 3. The van der Waals surface area contributed by atoms with Crippen molar-refractivity contribution in [2.75, 3.05) is 12.8 Å². The van der Waals surface area contributed by atoms with Crippen LogP contribution in [0, 0.1) is 5.82 Å². The number of ether oxygens (including phenoxy) is 1. The Balaban J connectivity index is 2.27. The zero-order chi connectivity index (χ0) is 16.0. The first-order valence-electron chi connectivity index (χ1n) is 6.96. The van der Waals surface area contributed by atoms with E-state index in [0.29, 0.717) is 5.69 Å². The van der Waals surface area contributed by atoms with Crippen molar-refractivity contribution in [3.8, 4) is 5.75 Å². The average Bonchev–Trinajstić information content (AvgIpc) is 3.29. The number of fused-ring (bicyclic) bond motifs is 1. The lowest BCUT2D eigenvalue weighted by Crippen LogP contribution is -3.04. The second kappa shape index (κ2) is 5.10. The van der Waals surface area contributed by atoms with Gasteiger partial charge in [0.1, 0.15) is 11.9 Å². The van der Waals surface area contributed by atoms with Gasteiger partial charge in [0.2, 0.25) is 5.75 Å². The van der Waals surface area contributed by atoms with Gasteiger partial charge in [0, 0.05) is 12.8 Å². The molecule has 1 aromatic carbocycles. The molecular weight excluding hydrogens is 291 g/mol. The molecule has 1 aliphatic carbocycles. The van der Waals surface area contributed by atoms with Crippen LogP contribution in [-0.4, -0.2) is 34.8 Å². The smallest absolute Gasteiger partial charge is 0.489 e. The highest BCUT2D eigenvalue weighted by atomic mass is 19.1. The molecule has 1 unspecified atom stereocenters. The molecule has 0 amide bonds. The Labute approximate surface area is 126 Å². The molecule has 6 nitrogen and oxygen atoms in total. The highest BCUT2D eigenvalue weighted by molar-refractivity contribution is 6.07. The Morgan fingerprint density at radius 3 is 2.77 bits per heavy atom. The summed E-state index contributed by atoms with van der Waals surface area (Å²) in [7, 11) is 1.37. The first kappa shape index (κ1) is 14.5. The first-order valence-corrected chi connectivity index (χ1v) is 6.96. The van der Waals surface area contributed by atoms with Crippen molar-refractivity contribution >= 4 is 23.1 Å². The molecule has 2 aliphatic rings. The van der Waals surface area contributed by atoms with Crippen LogP contribution < -0.4 is 15.4 Å². The number of aliphatic hydroxyl groups excluding tert-OH is 1. The van der Waals surface area contributed by atoms with Gasteiger partial charge in [-0.15, -0.1) is 0 Å². The molecular formula is C15H17FN2O4+2. The Morgan fingerprint density at radius 2 is 2.23 bits per heavy atom. The van der Waals surface area contributed by atoms with Crippen LogP contribution in [0.25, 0.3) is 0 Å². The quantitative estimate of drug-likeness (QED) is 0.563. The lowest BCUT2D eigenvalue weighted by molar-refractivity contribution is -0.788. The highest BCUT2D eigenvalue weighted by Crippen LogP contribution is 2.37. The number of benzene rings is 1. The number of carboxylic acid groups (broad SMARTS) is 1. The third-order valence-electron chi connectivity index (χ3n) is 4.05. The van der Waals surface area contributed by atoms with Crippen LogP contribution in [0.5, 0.6) is 5.75 Å². The summed E-state index contributed by atoms with van der Waals surface area (Å²) in [5.74, 6) is -1.90. The molecule has 7 heteroatoms. The summed E-state index contributed by atoms with van der Waals surface area (Å²) < 4.78 is 19.2. The van der Waals surface area contributed by atoms with E-state index in [0.717, 1.165) is 23.8 Å². The number of Topliss-reactive ketones (excluding diaryl/α,β-unsaturated/α-hetero) is 1. The van der Waals surface area contributed by atoms with E-state index in [9.17, 15) is 19.1 Å². The molecule has 1 heterocycles. The predicted octanol–water partition coefficient (Wildman–Crippen LogP) is 0.626. The highest BCUT2D eigenvalue weighted by Gasteiger charge is 2.43. The monoisotopic (exact) mass is 308 g/mol. The second-order valence-corrected chi connectivity index (χ2v) is 5.55. The van der Waals surface area contributed by atoms with Gasteiger partial charge in [0.05, 0.1) is 25.1 Å². The zero-order valence-corrected chi connectivity index (χ0v) is 12.0. The number of carboxylic acids is 1. The Morgan fingerprint density at radius 1 is 1.55 bits per heavy atom. The van der Waals surface area contributed by atoms with Crippen molar-refractivity contribution in [2.45, 2.75) is 25.3 Å². The molecule has 0 spiro atoms. The van der Waals surface area contributed by atoms with Crippen molar-refractivity contribution in [3.05, 3.63) is 29.2 Å². The number of halogens is 1. The molecule has 0 radical (unpaired) electrons. The normalized spacial score (nSPS) is 20.9. The molecule has 1 aromatic rings. The Kier molecular flexibility index (Phi) is 3.37. The summed E-state index contributed by atoms with van der Waals surface area (Å²) in [4.78, 5) is 22.5. The maximum atomic E-state index is 14.0. The molecule has 1 saturated carbocycles. The molecule has 0 saturated heterocycles. The summed E-state index contributed by atoms with van der Waals surface area (Å²) in [6.45, 7) is 0. The molecule has 1 atom stereocenters. The van der Waals surface area contributed by atoms with Crippen LogP contribution in [0.3, 0.4) is 0 Å². The largest absolute Gasteiger partial charge is 0.517 e. The number of nitrogens with two attached hydrogens (primary N) is 1. The summed E-state index contributed by atoms with van der Waals surface area (Å²) in [5.41, 5.74) is 6.33. The van der Waals surface area contributed by atoms with Gasteiger partial charge in [-0.05, 0) is 6.07 Å². The van der Waals surface area contributed by atoms with Gasteiger partial charge < -0.3 is 20.4 Å². The molecule has 1 fully saturated rings. The topological polar surface area (TPSA) is 98.4 Å². The van der Waals surface area contributed by atoms with Crippen molar-refractivity contribution < 1.29 is 28.7 Å². The molecule has 3 rings (SSSR count). The number of carbonyl (C=O) groups excluding carboxylic acids is 1. The van der Waals surface area contributed by atoms with E-state index in [1.165, 1.54) is 7.11 Å². The van der Waals surface area contributed by atoms with Gasteiger partial charge in [0.15, 0.2) is 22.9 Å². The van der Waals surface area contributed by atoms with Crippen molar-refractivity contribution in [1.29, 1.82) is 0 Å². The molecule has 0 bridgehead atoms. The first-order chi connectivity index (χ1) is 10.4. The SMILES string of the molecule is COc1c(N)c(F)cc2c1[NH+](C1CC1)C=C(C(O)=[OH+])CC2=O. The fourth-order valence-electron chi connectivity index (χ4n) is 2.80. The summed E-state index contributed by atoms with van der Waals surface area (Å²) in [6.07, 6.45) is 3.20. The number of ketones is 1. The van der Waals surface area contributed by atoms with Crippen LogP contribution in [-0.2, 0) is 0 Å². The van der Waals surface area contributed by atoms with E-state index in [1.807, 2.05) is 0 Å². The second-order valence-electron chi connectivity index (χ2n) is 5.55. The standard InChI is InChI=1S/C15H15FN2O4/c1-22-14-12(17)10(16)5-9-11(19)4-7(15(20)21)6-18(13(9)14)8-2-3-8/h5-6,8H,2-4,17H2,1H3,(H,20,21)/p+2. The summed E-state index contributed by atoms with van der Waals surface area (Å²) in [5, 5.41) is 9.36. The lowest BCUT2D eigenvalue weighted by Gasteiger charge is -2.19. The Hall–Kier alpha value is -2.41. The lowest BCUT2D eigenvalue weighted by atomic mass is 10.0. The predicted molar refractivity (Wildman–Crippen MR) is 77.6 cm³/mol. The maximum absolute atomic E-state index is 14.0. The van der Waals surface area contributed by atoms with E-state index in [4.69, 9.17) is 10.5 Å². The number of nitrogen functional groups attached to an aromatic ring is 1. The number of aliphatic carboxylic acids is 1. The van der Waals surface area contributed by atoms with E-state index in [1.54, 1.807) is 6.20 Å². The minimum atomic E-state index is -0.897. The third kappa shape index (κ3) is 2.23. The summed E-state index contributed by atoms with van der Waals surface area (Å²) >= 11 is 0. The summed E-state index contributed by atoms with van der Waals surface area (Å²) in [6, 6.07) is 1.28. The van der Waals surface area contributed by atoms with Crippen molar-refractivity contribution in [2.24, 2.45) is 0 Å². The van der Waals surface area contributed by atoms with Crippen LogP contribution in [0.1, 0.15) is 29.6 Å². The van der Waals surface area contributed by atoms with Gasteiger partial charge in [-0.3, -0.25) is 9.69 Å². The fraction of sp³-hybridized carbons (Fsp3) is 0.333. The van der Waals surface area contributed by atoms with E-state index < -0.39 is 17.6 Å². The fourth-order valence-corrected chi connectivity index (χ4v) is 2.80. The molecule has 116 valence electrons. The molecule has 22 heavy (non-hydrogen) atoms. The van der Waals surface area contributed by atoms with Gasteiger partial charge in [-0.2, -0.15) is 0 Å². The number of carbonyl (C=O) groups is 1. The van der Waals surface area contributed by atoms with Crippen LogP contribution in [0.4, 0.5) is 15.8 Å². The molecule has 5 N–H and O–H groups in total.